The number of nitrogens with one attached hydrogen (secondary N) is 2. The molecule has 2 N–H and O–H groups in total. The van der Waals surface area contributed by atoms with Crippen LogP contribution < -0.4 is 10.6 Å². The fraction of sp³-hybridized carbons (Fsp3) is 0.727. The van der Waals surface area contributed by atoms with Crippen molar-refractivity contribution in [3.05, 3.63) is 11.7 Å². The SMILES string of the molecule is Cc1noc(CCNC(=O)CC2COCCN2)n1. The van der Waals surface area contributed by atoms with Gasteiger partial charge < -0.3 is 19.9 Å². The number of carbonyl (C=O) groups is 1. The lowest BCUT2D eigenvalue weighted by molar-refractivity contribution is -0.122. The molecule has 1 atom stereocenters. The third kappa shape index (κ3) is 4.08. The molecule has 2 rings (SSSR count). The fourth-order valence-corrected chi connectivity index (χ4v) is 1.80. The zero-order chi connectivity index (χ0) is 12.8. The Kier molecular flexibility index (Phi) is 4.66. The molecule has 1 amide bonds. The van der Waals surface area contributed by atoms with E-state index in [1.807, 2.05) is 0 Å². The number of carbonyl (C=O) groups excluding carboxylic acids is 1. The summed E-state index contributed by atoms with van der Waals surface area (Å²) >= 11 is 0. The van der Waals surface area contributed by atoms with Crippen molar-refractivity contribution in [2.45, 2.75) is 25.8 Å². The third-order valence-electron chi connectivity index (χ3n) is 2.66. The third-order valence-corrected chi connectivity index (χ3v) is 2.66. The van der Waals surface area contributed by atoms with Crippen molar-refractivity contribution in [2.75, 3.05) is 26.3 Å². The van der Waals surface area contributed by atoms with Crippen LogP contribution in [0.3, 0.4) is 0 Å². The lowest BCUT2D eigenvalue weighted by Crippen LogP contribution is -2.44. The highest BCUT2D eigenvalue weighted by atomic mass is 16.5. The van der Waals surface area contributed by atoms with Gasteiger partial charge in [-0.15, -0.1) is 0 Å². The summed E-state index contributed by atoms with van der Waals surface area (Å²) in [6, 6.07) is 0.115. The molecule has 7 nitrogen and oxygen atoms in total. The van der Waals surface area contributed by atoms with Crippen LogP contribution >= 0.6 is 0 Å². The Balaban J connectivity index is 1.62. The number of nitrogens with zero attached hydrogens (tertiary/aromatic N) is 2. The molecule has 1 fully saturated rings. The highest BCUT2D eigenvalue weighted by molar-refractivity contribution is 5.76. The average Bonchev–Trinajstić information content (AvgIpc) is 2.76. The molecule has 1 unspecified atom stereocenters. The van der Waals surface area contributed by atoms with E-state index >= 15 is 0 Å². The van der Waals surface area contributed by atoms with E-state index in [1.54, 1.807) is 6.92 Å². The number of morpholine rings is 1. The molecule has 100 valence electrons. The summed E-state index contributed by atoms with van der Waals surface area (Å²) in [7, 11) is 0. The molecular formula is C11H18N4O3. The summed E-state index contributed by atoms with van der Waals surface area (Å²) < 4.78 is 10.2. The van der Waals surface area contributed by atoms with E-state index in [0.717, 1.165) is 6.54 Å². The summed E-state index contributed by atoms with van der Waals surface area (Å²) in [6.45, 7) is 4.39. The van der Waals surface area contributed by atoms with Crippen molar-refractivity contribution < 1.29 is 14.1 Å². The van der Waals surface area contributed by atoms with Gasteiger partial charge in [-0.05, 0) is 6.92 Å². The summed E-state index contributed by atoms with van der Waals surface area (Å²) in [4.78, 5) is 15.7. The van der Waals surface area contributed by atoms with Crippen LogP contribution in [0.15, 0.2) is 4.52 Å². The molecule has 1 aliphatic rings. The quantitative estimate of drug-likeness (QED) is 0.730. The smallest absolute Gasteiger partial charge is 0.228 e. The molecular weight excluding hydrogens is 236 g/mol. The van der Waals surface area contributed by atoms with Crippen LogP contribution in [0.25, 0.3) is 0 Å². The standard InChI is InChI=1S/C11H18N4O3/c1-8-14-11(18-15-8)2-3-13-10(16)6-9-7-17-5-4-12-9/h9,12H,2-7H2,1H3,(H,13,16). The van der Waals surface area contributed by atoms with Gasteiger partial charge in [-0.1, -0.05) is 5.16 Å². The van der Waals surface area contributed by atoms with Gasteiger partial charge >= 0.3 is 0 Å². The lowest BCUT2D eigenvalue weighted by Gasteiger charge is -2.23. The molecule has 0 spiro atoms. The number of hydrogen-bond donors (Lipinski definition) is 2. The van der Waals surface area contributed by atoms with E-state index in [-0.39, 0.29) is 11.9 Å². The van der Waals surface area contributed by atoms with Crippen molar-refractivity contribution in [2.24, 2.45) is 0 Å². The van der Waals surface area contributed by atoms with Gasteiger partial charge in [0, 0.05) is 32.0 Å². The van der Waals surface area contributed by atoms with E-state index < -0.39 is 0 Å². The molecule has 18 heavy (non-hydrogen) atoms. The average molecular weight is 254 g/mol. The first-order valence-corrected chi connectivity index (χ1v) is 6.11. The van der Waals surface area contributed by atoms with Gasteiger partial charge in [0.15, 0.2) is 5.82 Å². The van der Waals surface area contributed by atoms with Crippen LogP contribution in [-0.4, -0.2) is 48.4 Å². The molecule has 0 saturated carbocycles. The van der Waals surface area contributed by atoms with Gasteiger partial charge in [0.2, 0.25) is 11.8 Å². The van der Waals surface area contributed by atoms with Crippen LogP contribution in [-0.2, 0) is 16.0 Å². The predicted octanol–water partition coefficient (Wildman–Crippen LogP) is -0.585. The number of aromatic nitrogens is 2. The van der Waals surface area contributed by atoms with Gasteiger partial charge in [0.1, 0.15) is 0 Å². The van der Waals surface area contributed by atoms with Crippen molar-refractivity contribution in [1.82, 2.24) is 20.8 Å². The van der Waals surface area contributed by atoms with Crippen molar-refractivity contribution >= 4 is 5.91 Å². The monoisotopic (exact) mass is 254 g/mol. The maximum absolute atomic E-state index is 11.6. The zero-order valence-electron chi connectivity index (χ0n) is 10.4. The van der Waals surface area contributed by atoms with Crippen molar-refractivity contribution in [1.29, 1.82) is 0 Å². The second-order valence-corrected chi connectivity index (χ2v) is 4.27. The topological polar surface area (TPSA) is 89.3 Å². The van der Waals surface area contributed by atoms with Crippen LogP contribution in [0.5, 0.6) is 0 Å². The predicted molar refractivity (Wildman–Crippen MR) is 63.0 cm³/mol. The molecule has 1 aromatic heterocycles. The maximum Gasteiger partial charge on any atom is 0.228 e. The molecule has 1 saturated heterocycles. The fourth-order valence-electron chi connectivity index (χ4n) is 1.80. The normalized spacial score (nSPS) is 19.7. The first-order chi connectivity index (χ1) is 8.74. The Morgan fingerprint density at radius 2 is 2.50 bits per heavy atom. The summed E-state index contributed by atoms with van der Waals surface area (Å²) in [6.07, 6.45) is 0.990. The largest absolute Gasteiger partial charge is 0.378 e. The molecule has 1 aromatic rings. The first kappa shape index (κ1) is 13.0. The van der Waals surface area contributed by atoms with E-state index in [9.17, 15) is 4.79 Å². The Morgan fingerprint density at radius 1 is 1.61 bits per heavy atom. The maximum atomic E-state index is 11.6. The van der Waals surface area contributed by atoms with Gasteiger partial charge in [-0.3, -0.25) is 4.79 Å². The molecule has 0 aromatic carbocycles. The molecule has 7 heteroatoms. The van der Waals surface area contributed by atoms with Crippen molar-refractivity contribution in [3.63, 3.8) is 0 Å². The minimum absolute atomic E-state index is 0.00855. The minimum Gasteiger partial charge on any atom is -0.378 e. The Bertz CT molecular complexity index is 387. The molecule has 0 bridgehead atoms. The zero-order valence-corrected chi connectivity index (χ0v) is 10.4. The summed E-state index contributed by atoms with van der Waals surface area (Å²) in [5, 5.41) is 9.74. The van der Waals surface area contributed by atoms with Gasteiger partial charge in [-0.25, -0.2) is 0 Å². The number of aryl methyl sites for hydroxylation is 1. The van der Waals surface area contributed by atoms with E-state index in [2.05, 4.69) is 20.8 Å². The second-order valence-electron chi connectivity index (χ2n) is 4.27. The Hall–Kier alpha value is -1.47. The van der Waals surface area contributed by atoms with Crippen LogP contribution in [0.2, 0.25) is 0 Å². The van der Waals surface area contributed by atoms with Crippen LogP contribution in [0.1, 0.15) is 18.1 Å². The number of hydrogen-bond acceptors (Lipinski definition) is 6. The number of ether oxygens (including phenoxy) is 1. The van der Waals surface area contributed by atoms with Crippen LogP contribution in [0.4, 0.5) is 0 Å². The summed E-state index contributed by atoms with van der Waals surface area (Å²) in [5.41, 5.74) is 0. The van der Waals surface area contributed by atoms with Crippen molar-refractivity contribution in [3.8, 4) is 0 Å². The number of amides is 1. The van der Waals surface area contributed by atoms with Gasteiger partial charge in [-0.2, -0.15) is 4.98 Å². The van der Waals surface area contributed by atoms with Gasteiger partial charge in [0.05, 0.1) is 13.2 Å². The van der Waals surface area contributed by atoms with E-state index in [0.29, 0.717) is 44.3 Å². The minimum atomic E-state index is 0.00855. The lowest BCUT2D eigenvalue weighted by atomic mass is 10.2. The molecule has 2 heterocycles. The second kappa shape index (κ2) is 6.46. The van der Waals surface area contributed by atoms with E-state index in [4.69, 9.17) is 9.26 Å². The summed E-state index contributed by atoms with van der Waals surface area (Å²) in [5.74, 6) is 1.17. The molecule has 1 aliphatic heterocycles. The Labute approximate surface area is 105 Å². The van der Waals surface area contributed by atoms with E-state index in [1.165, 1.54) is 0 Å². The number of rotatable bonds is 5. The highest BCUT2D eigenvalue weighted by Crippen LogP contribution is 1.99. The molecule has 0 aliphatic carbocycles. The molecule has 0 radical (unpaired) electrons. The van der Waals surface area contributed by atoms with Gasteiger partial charge in [0.25, 0.3) is 0 Å². The highest BCUT2D eigenvalue weighted by Gasteiger charge is 2.16. The first-order valence-electron chi connectivity index (χ1n) is 6.11. The Morgan fingerprint density at radius 3 is 3.17 bits per heavy atom. The van der Waals surface area contributed by atoms with Crippen LogP contribution in [0, 0.1) is 6.92 Å².